The molecule has 1 heterocycles. The number of hydrogen-bond acceptors (Lipinski definition) is 6. The second-order valence-corrected chi connectivity index (χ2v) is 10.1. The van der Waals surface area contributed by atoms with E-state index in [1.54, 1.807) is 24.3 Å². The summed E-state index contributed by atoms with van der Waals surface area (Å²) in [5, 5.41) is 6.86. The average molecular weight is 553 g/mol. The van der Waals surface area contributed by atoms with Crippen LogP contribution in [0.5, 0.6) is 0 Å². The lowest BCUT2D eigenvalue weighted by Crippen LogP contribution is -2.18. The van der Waals surface area contributed by atoms with E-state index in [4.69, 9.17) is 9.98 Å². The predicted octanol–water partition coefficient (Wildman–Crippen LogP) is 8.72. The number of carbonyl (C=O) groups excluding carboxylic acids is 2. The zero-order chi connectivity index (χ0) is 29.6. The number of rotatable bonds is 4. The Bertz CT molecular complexity index is 1650. The van der Waals surface area contributed by atoms with Gasteiger partial charge in [0.1, 0.15) is 0 Å². The SMILES string of the molecule is CC1=Nc2ccccc2N/C(C)=C(/C(=O)c2ccccc2)C(C)=Nc2ccccc2N/C(C)=C\1C(=O)c1ccccc1. The van der Waals surface area contributed by atoms with E-state index in [0.29, 0.717) is 67.8 Å². The first-order valence-electron chi connectivity index (χ1n) is 13.8. The molecule has 0 amide bonds. The number of carbonyl (C=O) groups is 2. The lowest BCUT2D eigenvalue weighted by atomic mass is 9.97. The summed E-state index contributed by atoms with van der Waals surface area (Å²) < 4.78 is 0. The number of ketones is 2. The van der Waals surface area contributed by atoms with Gasteiger partial charge in [-0.15, -0.1) is 0 Å². The van der Waals surface area contributed by atoms with E-state index in [1.807, 2.05) is 113 Å². The normalized spacial score (nSPS) is 17.3. The Morgan fingerprint density at radius 2 is 0.810 bits per heavy atom. The van der Waals surface area contributed by atoms with Crippen molar-refractivity contribution >= 4 is 45.7 Å². The van der Waals surface area contributed by atoms with Crippen molar-refractivity contribution in [2.45, 2.75) is 27.7 Å². The minimum Gasteiger partial charge on any atom is -0.357 e. The number of benzene rings is 4. The quantitative estimate of drug-likeness (QED) is 0.248. The molecule has 0 spiro atoms. The molecule has 0 unspecified atom stereocenters. The van der Waals surface area contributed by atoms with Crippen molar-refractivity contribution in [3.8, 4) is 0 Å². The molecule has 0 bridgehead atoms. The number of anilines is 2. The fourth-order valence-corrected chi connectivity index (χ4v) is 5.04. The Hall–Kier alpha value is -5.36. The van der Waals surface area contributed by atoms with Crippen LogP contribution in [-0.4, -0.2) is 23.0 Å². The van der Waals surface area contributed by atoms with Gasteiger partial charge in [0.25, 0.3) is 0 Å². The maximum absolute atomic E-state index is 13.9. The van der Waals surface area contributed by atoms with Gasteiger partial charge in [0.2, 0.25) is 0 Å². The third-order valence-electron chi connectivity index (χ3n) is 7.03. The summed E-state index contributed by atoms with van der Waals surface area (Å²) >= 11 is 0. The molecule has 4 aromatic carbocycles. The molecule has 208 valence electrons. The largest absolute Gasteiger partial charge is 0.357 e. The molecule has 0 aromatic heterocycles. The first kappa shape index (κ1) is 28.2. The first-order valence-corrected chi connectivity index (χ1v) is 13.8. The van der Waals surface area contributed by atoms with Crippen LogP contribution in [0.2, 0.25) is 0 Å². The van der Waals surface area contributed by atoms with Gasteiger partial charge in [-0.05, 0) is 52.0 Å². The van der Waals surface area contributed by atoms with E-state index in [2.05, 4.69) is 10.6 Å². The molecule has 1 aliphatic heterocycles. The van der Waals surface area contributed by atoms with Crippen molar-refractivity contribution in [2.75, 3.05) is 10.6 Å². The Kier molecular flexibility index (Phi) is 8.34. The van der Waals surface area contributed by atoms with Crippen molar-refractivity contribution in [3.63, 3.8) is 0 Å². The van der Waals surface area contributed by atoms with Crippen LogP contribution in [0.1, 0.15) is 48.4 Å². The summed E-state index contributed by atoms with van der Waals surface area (Å²) in [6, 6.07) is 33.5. The van der Waals surface area contributed by atoms with Gasteiger partial charge in [-0.3, -0.25) is 19.6 Å². The average Bonchev–Trinajstić information content (AvgIpc) is 2.99. The highest BCUT2D eigenvalue weighted by Crippen LogP contribution is 2.32. The van der Waals surface area contributed by atoms with E-state index in [-0.39, 0.29) is 11.6 Å². The predicted molar refractivity (Wildman–Crippen MR) is 173 cm³/mol. The second-order valence-electron chi connectivity index (χ2n) is 10.1. The zero-order valence-electron chi connectivity index (χ0n) is 24.1. The Balaban J connectivity index is 1.75. The van der Waals surface area contributed by atoms with Gasteiger partial charge in [0.15, 0.2) is 11.6 Å². The standard InChI is InChI=1S/C36H32N4O2/c1-23-33(35(41)27-15-7-5-8-16-27)24(2)38-31-21-13-14-22-32(31)40-26(4)34(36(42)28-17-9-6-10-18-28)25(3)39-30-20-12-11-19-29(30)37-23/h5-22,37,40H,1-4H3/b33-23+,34-26+,38-24?,39-25?. The Labute approximate surface area is 246 Å². The summed E-state index contributed by atoms with van der Waals surface area (Å²) in [4.78, 5) is 37.6. The van der Waals surface area contributed by atoms with E-state index in [0.717, 1.165) is 0 Å². The number of Topliss-reactive ketones (excluding diaryl/α,β-unsaturated/α-hetero) is 2. The fourth-order valence-electron chi connectivity index (χ4n) is 5.04. The maximum atomic E-state index is 13.9. The molecule has 0 saturated carbocycles. The van der Waals surface area contributed by atoms with Crippen LogP contribution in [0, 0.1) is 0 Å². The van der Waals surface area contributed by atoms with Crippen LogP contribution >= 0.6 is 0 Å². The van der Waals surface area contributed by atoms with Crippen molar-refractivity contribution in [3.05, 3.63) is 143 Å². The smallest absolute Gasteiger partial charge is 0.196 e. The van der Waals surface area contributed by atoms with E-state index < -0.39 is 0 Å². The minimum atomic E-state index is -0.136. The topological polar surface area (TPSA) is 82.9 Å². The number of nitrogens with zero attached hydrogens (tertiary/aromatic N) is 2. The van der Waals surface area contributed by atoms with E-state index in [1.165, 1.54) is 0 Å². The molecule has 2 N–H and O–H groups in total. The van der Waals surface area contributed by atoms with Gasteiger partial charge >= 0.3 is 0 Å². The van der Waals surface area contributed by atoms with Crippen molar-refractivity contribution in [1.82, 2.24) is 0 Å². The van der Waals surface area contributed by atoms with Crippen LogP contribution in [0.3, 0.4) is 0 Å². The van der Waals surface area contributed by atoms with Gasteiger partial charge in [-0.2, -0.15) is 0 Å². The molecular formula is C36H32N4O2. The molecular weight excluding hydrogens is 520 g/mol. The molecule has 0 aliphatic carbocycles. The van der Waals surface area contributed by atoms with Crippen LogP contribution in [0.25, 0.3) is 0 Å². The molecule has 6 nitrogen and oxygen atoms in total. The van der Waals surface area contributed by atoms with Crippen LogP contribution in [0.15, 0.2) is 142 Å². The highest BCUT2D eigenvalue weighted by atomic mass is 16.1. The van der Waals surface area contributed by atoms with Gasteiger partial charge in [0, 0.05) is 22.5 Å². The molecule has 0 atom stereocenters. The van der Waals surface area contributed by atoms with Gasteiger partial charge in [-0.25, -0.2) is 0 Å². The lowest BCUT2D eigenvalue weighted by molar-refractivity contribution is 0.103. The van der Waals surface area contributed by atoms with Gasteiger partial charge in [0.05, 0.1) is 45.3 Å². The van der Waals surface area contributed by atoms with Crippen LogP contribution < -0.4 is 10.6 Å². The first-order chi connectivity index (χ1) is 20.3. The zero-order valence-corrected chi connectivity index (χ0v) is 24.1. The summed E-state index contributed by atoms with van der Waals surface area (Å²) in [5.41, 5.74) is 7.15. The summed E-state index contributed by atoms with van der Waals surface area (Å²) in [6.07, 6.45) is 0. The maximum Gasteiger partial charge on any atom is 0.196 e. The number of nitrogens with one attached hydrogen (secondary N) is 2. The molecule has 0 fully saturated rings. The lowest BCUT2D eigenvalue weighted by Gasteiger charge is -2.19. The monoisotopic (exact) mass is 552 g/mol. The number of para-hydroxylation sites is 4. The third kappa shape index (κ3) is 6.03. The minimum absolute atomic E-state index is 0.136. The molecule has 5 rings (SSSR count). The molecule has 42 heavy (non-hydrogen) atoms. The molecule has 4 aromatic rings. The Morgan fingerprint density at radius 1 is 0.476 bits per heavy atom. The molecule has 0 saturated heterocycles. The molecule has 0 radical (unpaired) electrons. The second kappa shape index (κ2) is 12.4. The van der Waals surface area contributed by atoms with Crippen molar-refractivity contribution in [1.29, 1.82) is 0 Å². The number of allylic oxidation sites excluding steroid dienone is 4. The highest BCUT2D eigenvalue weighted by Gasteiger charge is 2.22. The number of hydrogen-bond donors (Lipinski definition) is 2. The summed E-state index contributed by atoms with van der Waals surface area (Å²) in [5.74, 6) is -0.272. The molecule has 1 aliphatic rings. The Morgan fingerprint density at radius 3 is 1.19 bits per heavy atom. The van der Waals surface area contributed by atoms with E-state index >= 15 is 0 Å². The van der Waals surface area contributed by atoms with Crippen LogP contribution in [0.4, 0.5) is 22.7 Å². The molecule has 6 heteroatoms. The van der Waals surface area contributed by atoms with Gasteiger partial charge in [-0.1, -0.05) is 84.9 Å². The van der Waals surface area contributed by atoms with E-state index in [9.17, 15) is 9.59 Å². The highest BCUT2D eigenvalue weighted by molar-refractivity contribution is 6.29. The van der Waals surface area contributed by atoms with Crippen molar-refractivity contribution in [2.24, 2.45) is 9.98 Å². The van der Waals surface area contributed by atoms with Crippen LogP contribution in [-0.2, 0) is 0 Å². The number of aliphatic imine (C=N–C) groups is 2. The third-order valence-corrected chi connectivity index (χ3v) is 7.03. The van der Waals surface area contributed by atoms with Crippen molar-refractivity contribution < 1.29 is 9.59 Å². The summed E-state index contributed by atoms with van der Waals surface area (Å²) in [7, 11) is 0. The summed E-state index contributed by atoms with van der Waals surface area (Å²) in [6.45, 7) is 7.41. The fraction of sp³-hybridized carbons (Fsp3) is 0.111. The number of fused-ring (bicyclic) bond motifs is 2. The van der Waals surface area contributed by atoms with Gasteiger partial charge < -0.3 is 10.6 Å².